The van der Waals surface area contributed by atoms with Crippen molar-refractivity contribution in [1.29, 1.82) is 0 Å². The second kappa shape index (κ2) is 16.5. The summed E-state index contributed by atoms with van der Waals surface area (Å²) >= 11 is 7.76. The van der Waals surface area contributed by atoms with Crippen LogP contribution in [0.4, 0.5) is 5.69 Å². The maximum Gasteiger partial charge on any atom is 0.268 e. The molecule has 1 aromatic carbocycles. The molecule has 1 saturated heterocycles. The second-order valence-corrected chi connectivity index (χ2v) is 14.0. The lowest BCUT2D eigenvalue weighted by Crippen LogP contribution is -2.41. The molecule has 2 aliphatic carbocycles. The molecule has 2 unspecified atom stereocenters. The third-order valence-corrected chi connectivity index (χ3v) is 10.3. The quantitative estimate of drug-likeness (QED) is 0.235. The number of nitrogens with one attached hydrogen (secondary N) is 4. The monoisotopic (exact) mass is 718 g/mol. The van der Waals surface area contributed by atoms with Crippen LogP contribution in [0.2, 0.25) is 5.02 Å². The molecule has 6 rings (SSSR count). The minimum atomic E-state index is -0.265. The van der Waals surface area contributed by atoms with Gasteiger partial charge in [0.15, 0.2) is 0 Å². The van der Waals surface area contributed by atoms with E-state index in [1.165, 1.54) is 23.8 Å². The van der Waals surface area contributed by atoms with Crippen LogP contribution in [0, 0.1) is 11.8 Å². The van der Waals surface area contributed by atoms with E-state index in [-0.39, 0.29) is 29.5 Å². The number of fused-ring (bicyclic) bond motifs is 1. The van der Waals surface area contributed by atoms with E-state index in [1.807, 2.05) is 56.3 Å². The molecule has 50 heavy (non-hydrogen) atoms. The predicted molar refractivity (Wildman–Crippen MR) is 198 cm³/mol. The first-order chi connectivity index (χ1) is 23.9. The molecule has 3 heterocycles. The summed E-state index contributed by atoms with van der Waals surface area (Å²) in [6, 6.07) is 9.33. The maximum atomic E-state index is 12.8. The summed E-state index contributed by atoms with van der Waals surface area (Å²) in [7, 11) is 1.78. The molecule has 1 fully saturated rings. The number of aromatic nitrogens is 1. The first-order valence-electron chi connectivity index (χ1n) is 16.5. The standard InChI is InChI=1S/C23H21ClN2O2S.C14H22N4O3/c1-12-8-15(9-13(12)2)25-22(27)18-11-16(10-14(18)3)26-23(28)21-20(24)17-6-4-5-7-19(17)29-21;1-11(19)16-12-9-13(17(2)10-12)14(20)15-3-4-18-5-7-21-8-6-18/h4-12,14H,1-3H3,(H,25,27)(H,26,28);9-10H,3-8H2,1-2H3,(H,15,20)(H,16,19). The summed E-state index contributed by atoms with van der Waals surface area (Å²) in [6.45, 7) is 12.3. The normalized spacial score (nSPS) is 18.7. The summed E-state index contributed by atoms with van der Waals surface area (Å²) < 4.78 is 7.95. The summed E-state index contributed by atoms with van der Waals surface area (Å²) in [4.78, 5) is 51.3. The summed E-state index contributed by atoms with van der Waals surface area (Å²) in [5, 5.41) is 12.7. The van der Waals surface area contributed by atoms with Crippen molar-refractivity contribution in [3.05, 3.63) is 99.0 Å². The number of halogens is 1. The lowest BCUT2D eigenvalue weighted by Gasteiger charge is -2.26. The predicted octanol–water partition coefficient (Wildman–Crippen LogP) is 5.39. The zero-order valence-corrected chi connectivity index (χ0v) is 30.5. The smallest absolute Gasteiger partial charge is 0.268 e. The number of allylic oxidation sites excluding steroid dienone is 5. The number of hydrogen-bond donors (Lipinski definition) is 4. The highest BCUT2D eigenvalue weighted by Crippen LogP contribution is 2.35. The van der Waals surface area contributed by atoms with Crippen molar-refractivity contribution in [3.8, 4) is 0 Å². The Labute approximate surface area is 301 Å². The van der Waals surface area contributed by atoms with Crippen LogP contribution < -0.4 is 21.3 Å². The molecule has 264 valence electrons. The van der Waals surface area contributed by atoms with E-state index in [4.69, 9.17) is 16.3 Å². The van der Waals surface area contributed by atoms with Crippen LogP contribution in [0.1, 0.15) is 47.9 Å². The molecule has 3 aliphatic rings. The molecule has 0 bridgehead atoms. The van der Waals surface area contributed by atoms with Crippen molar-refractivity contribution in [2.45, 2.75) is 27.7 Å². The number of carbonyl (C=O) groups excluding carboxylic acids is 4. The molecule has 13 heteroatoms. The van der Waals surface area contributed by atoms with Gasteiger partial charge in [-0.05, 0) is 37.1 Å². The van der Waals surface area contributed by atoms with Gasteiger partial charge in [-0.2, -0.15) is 0 Å². The highest BCUT2D eigenvalue weighted by molar-refractivity contribution is 7.21. The van der Waals surface area contributed by atoms with Crippen LogP contribution in [-0.4, -0.2) is 72.5 Å². The van der Waals surface area contributed by atoms with Crippen LogP contribution in [0.3, 0.4) is 0 Å². The van der Waals surface area contributed by atoms with Crippen LogP contribution >= 0.6 is 22.9 Å². The molecule has 2 aromatic heterocycles. The van der Waals surface area contributed by atoms with E-state index in [0.29, 0.717) is 45.0 Å². The summed E-state index contributed by atoms with van der Waals surface area (Å²) in [5.41, 5.74) is 4.43. The number of aryl methyl sites for hydroxylation is 1. The third-order valence-electron chi connectivity index (χ3n) is 8.66. The van der Waals surface area contributed by atoms with Crippen molar-refractivity contribution in [2.75, 3.05) is 44.7 Å². The molecule has 1 aliphatic heterocycles. The summed E-state index contributed by atoms with van der Waals surface area (Å²) in [5.74, 6) is -0.463. The van der Waals surface area contributed by atoms with Crippen LogP contribution in [-0.2, 0) is 21.4 Å². The topological polar surface area (TPSA) is 134 Å². The Balaban J connectivity index is 0.000000205. The fourth-order valence-corrected chi connectivity index (χ4v) is 7.23. The molecule has 4 N–H and O–H groups in total. The zero-order valence-electron chi connectivity index (χ0n) is 28.9. The van der Waals surface area contributed by atoms with E-state index in [1.54, 1.807) is 30.0 Å². The van der Waals surface area contributed by atoms with Gasteiger partial charge in [0.25, 0.3) is 17.7 Å². The minimum Gasteiger partial charge on any atom is -0.379 e. The molecule has 2 atom stereocenters. The fourth-order valence-electron chi connectivity index (χ4n) is 5.82. The van der Waals surface area contributed by atoms with Gasteiger partial charge >= 0.3 is 0 Å². The molecule has 0 spiro atoms. The second-order valence-electron chi connectivity index (χ2n) is 12.6. The number of carbonyl (C=O) groups is 4. The molecular formula is C37H43ClN6O5S. The van der Waals surface area contributed by atoms with Gasteiger partial charge in [-0.15, -0.1) is 11.3 Å². The fraction of sp³-hybridized carbons (Fsp3) is 0.351. The van der Waals surface area contributed by atoms with E-state index < -0.39 is 0 Å². The van der Waals surface area contributed by atoms with Crippen molar-refractivity contribution in [3.63, 3.8) is 0 Å². The van der Waals surface area contributed by atoms with Gasteiger partial charge < -0.3 is 30.6 Å². The van der Waals surface area contributed by atoms with E-state index >= 15 is 0 Å². The van der Waals surface area contributed by atoms with E-state index in [9.17, 15) is 19.2 Å². The SMILES string of the molecule is CC(=O)Nc1cc(C(=O)NCCN2CCOCC2)n(C)c1.CC1=CC(NC(=O)C2=CC(NC(=O)c3sc4ccccc4c3Cl)=CC2C)=CC1C. The first kappa shape index (κ1) is 36.8. The van der Waals surface area contributed by atoms with Gasteiger partial charge in [0.05, 0.1) is 23.9 Å². The van der Waals surface area contributed by atoms with Gasteiger partial charge in [0.2, 0.25) is 5.91 Å². The van der Waals surface area contributed by atoms with Crippen molar-refractivity contribution < 1.29 is 23.9 Å². The van der Waals surface area contributed by atoms with Crippen molar-refractivity contribution >= 4 is 62.3 Å². The van der Waals surface area contributed by atoms with Gasteiger partial charge in [0.1, 0.15) is 10.6 Å². The Morgan fingerprint density at radius 3 is 2.30 bits per heavy atom. The number of rotatable bonds is 9. The van der Waals surface area contributed by atoms with Gasteiger partial charge in [0, 0.05) is 79.3 Å². The molecule has 3 aromatic rings. The Morgan fingerprint density at radius 2 is 1.62 bits per heavy atom. The van der Waals surface area contributed by atoms with Gasteiger partial charge in [-0.1, -0.05) is 61.4 Å². The molecular weight excluding hydrogens is 676 g/mol. The van der Waals surface area contributed by atoms with Crippen LogP contribution in [0.15, 0.2) is 83.4 Å². The van der Waals surface area contributed by atoms with E-state index in [0.717, 1.165) is 48.6 Å². The number of morpholine rings is 1. The summed E-state index contributed by atoms with van der Waals surface area (Å²) in [6.07, 6.45) is 9.35. The number of amides is 4. The highest BCUT2D eigenvalue weighted by Gasteiger charge is 2.25. The average molecular weight is 719 g/mol. The average Bonchev–Trinajstić information content (AvgIpc) is 3.82. The zero-order chi connectivity index (χ0) is 35.9. The number of nitrogens with zero attached hydrogens (tertiary/aromatic N) is 2. The van der Waals surface area contributed by atoms with Crippen LogP contribution in [0.5, 0.6) is 0 Å². The van der Waals surface area contributed by atoms with Crippen LogP contribution in [0.25, 0.3) is 10.1 Å². The third kappa shape index (κ3) is 9.19. The Morgan fingerprint density at radius 1 is 0.940 bits per heavy atom. The van der Waals surface area contributed by atoms with Gasteiger partial charge in [-0.25, -0.2) is 0 Å². The number of anilines is 1. The highest BCUT2D eigenvalue weighted by atomic mass is 35.5. The molecule has 11 nitrogen and oxygen atoms in total. The lowest BCUT2D eigenvalue weighted by atomic mass is 10.0. The van der Waals surface area contributed by atoms with E-state index in [2.05, 4.69) is 33.1 Å². The number of hydrogen-bond acceptors (Lipinski definition) is 7. The first-order valence-corrected chi connectivity index (χ1v) is 17.7. The molecule has 0 saturated carbocycles. The largest absolute Gasteiger partial charge is 0.379 e. The Hall–Kier alpha value is -4.49. The molecule has 0 radical (unpaired) electrons. The minimum absolute atomic E-state index is 0.0901. The van der Waals surface area contributed by atoms with Crippen molar-refractivity contribution in [1.82, 2.24) is 25.4 Å². The molecule has 4 amide bonds. The number of benzene rings is 1. The van der Waals surface area contributed by atoms with Gasteiger partial charge in [-0.3, -0.25) is 24.1 Å². The number of ether oxygens (including phenoxy) is 1. The number of thiophene rings is 1. The Bertz CT molecular complexity index is 1920. The van der Waals surface area contributed by atoms with Crippen molar-refractivity contribution in [2.24, 2.45) is 18.9 Å². The maximum absolute atomic E-state index is 12.8. The Kier molecular flexibility index (Phi) is 12.1. The lowest BCUT2D eigenvalue weighted by molar-refractivity contribution is -0.117.